The number of rotatable bonds is 5. The lowest BCUT2D eigenvalue weighted by atomic mass is 10.0. The summed E-state index contributed by atoms with van der Waals surface area (Å²) < 4.78 is 5.49. The fourth-order valence-corrected chi connectivity index (χ4v) is 3.07. The van der Waals surface area contributed by atoms with Crippen LogP contribution in [0.5, 0.6) is 5.75 Å². The van der Waals surface area contributed by atoms with Crippen molar-refractivity contribution in [3.63, 3.8) is 0 Å². The minimum Gasteiger partial charge on any atom is -0.496 e. The monoisotopic (exact) mass is 286 g/mol. The molecule has 1 aliphatic rings. The molecular weight excluding hydrogens is 260 g/mol. The standard InChI is InChI=1S/C18H26N2O/c1-3-5-16-9-11-20(13-16)14-17-12-15(6-4-10-19)7-8-18(17)21-2/h7-8,12,16H,3,5,9-11,13-14,19H2,1-2H3. The SMILES string of the molecule is CCCC1CCN(Cc2cc(C#CCN)ccc2OC)C1. The summed E-state index contributed by atoms with van der Waals surface area (Å²) in [5.41, 5.74) is 7.67. The maximum absolute atomic E-state index is 5.49. The Morgan fingerprint density at radius 2 is 2.29 bits per heavy atom. The van der Waals surface area contributed by atoms with Crippen LogP contribution in [0.1, 0.15) is 37.3 Å². The zero-order valence-corrected chi connectivity index (χ0v) is 13.2. The molecule has 1 aromatic carbocycles. The van der Waals surface area contributed by atoms with Crippen molar-refractivity contribution in [2.24, 2.45) is 11.7 Å². The second-order valence-corrected chi connectivity index (χ2v) is 5.71. The number of hydrogen-bond donors (Lipinski definition) is 1. The first kappa shape index (κ1) is 15.9. The molecule has 1 unspecified atom stereocenters. The molecule has 0 amide bonds. The van der Waals surface area contributed by atoms with E-state index in [9.17, 15) is 0 Å². The largest absolute Gasteiger partial charge is 0.496 e. The van der Waals surface area contributed by atoms with Gasteiger partial charge in [0.2, 0.25) is 0 Å². The highest BCUT2D eigenvalue weighted by Crippen LogP contribution is 2.26. The summed E-state index contributed by atoms with van der Waals surface area (Å²) in [6.07, 6.45) is 3.95. The van der Waals surface area contributed by atoms with Crippen molar-refractivity contribution in [1.29, 1.82) is 0 Å². The van der Waals surface area contributed by atoms with Crippen molar-refractivity contribution < 1.29 is 4.74 Å². The van der Waals surface area contributed by atoms with Gasteiger partial charge < -0.3 is 10.5 Å². The molecule has 1 aliphatic heterocycles. The van der Waals surface area contributed by atoms with Gasteiger partial charge in [0.05, 0.1) is 13.7 Å². The maximum atomic E-state index is 5.49. The minimum atomic E-state index is 0.395. The second kappa shape index (κ2) is 8.07. The van der Waals surface area contributed by atoms with Crippen LogP contribution in [0.25, 0.3) is 0 Å². The average molecular weight is 286 g/mol. The Kier molecular flexibility index (Phi) is 6.10. The normalized spacial score (nSPS) is 18.3. The molecule has 114 valence electrons. The highest BCUT2D eigenvalue weighted by atomic mass is 16.5. The molecule has 0 radical (unpaired) electrons. The molecule has 1 fully saturated rings. The van der Waals surface area contributed by atoms with E-state index in [-0.39, 0.29) is 0 Å². The number of hydrogen-bond acceptors (Lipinski definition) is 3. The summed E-state index contributed by atoms with van der Waals surface area (Å²) in [4.78, 5) is 2.53. The lowest BCUT2D eigenvalue weighted by Crippen LogP contribution is -2.20. The molecule has 1 heterocycles. The van der Waals surface area contributed by atoms with Crippen LogP contribution in [-0.4, -0.2) is 31.6 Å². The molecule has 3 nitrogen and oxygen atoms in total. The fourth-order valence-electron chi connectivity index (χ4n) is 3.07. The minimum absolute atomic E-state index is 0.395. The van der Waals surface area contributed by atoms with Crippen molar-refractivity contribution in [3.8, 4) is 17.6 Å². The molecular formula is C18H26N2O. The van der Waals surface area contributed by atoms with Gasteiger partial charge in [0.25, 0.3) is 0 Å². The zero-order valence-electron chi connectivity index (χ0n) is 13.2. The van der Waals surface area contributed by atoms with E-state index < -0.39 is 0 Å². The van der Waals surface area contributed by atoms with E-state index in [1.165, 1.54) is 37.9 Å². The van der Waals surface area contributed by atoms with E-state index in [1.54, 1.807) is 7.11 Å². The maximum Gasteiger partial charge on any atom is 0.123 e. The number of methoxy groups -OCH3 is 1. The van der Waals surface area contributed by atoms with Crippen LogP contribution in [0.3, 0.4) is 0 Å². The first-order valence-electron chi connectivity index (χ1n) is 7.85. The summed E-state index contributed by atoms with van der Waals surface area (Å²) >= 11 is 0. The Bertz CT molecular complexity index is 516. The Hall–Kier alpha value is -1.50. The van der Waals surface area contributed by atoms with Crippen LogP contribution < -0.4 is 10.5 Å². The van der Waals surface area contributed by atoms with Crippen molar-refractivity contribution in [3.05, 3.63) is 29.3 Å². The van der Waals surface area contributed by atoms with Gasteiger partial charge in [-0.15, -0.1) is 0 Å². The quantitative estimate of drug-likeness (QED) is 0.846. The third kappa shape index (κ3) is 4.49. The molecule has 2 rings (SSSR count). The summed E-state index contributed by atoms with van der Waals surface area (Å²) in [6.45, 7) is 6.00. The van der Waals surface area contributed by atoms with Crippen LogP contribution in [0.2, 0.25) is 0 Å². The molecule has 3 heteroatoms. The molecule has 0 aromatic heterocycles. The third-order valence-corrected chi connectivity index (χ3v) is 4.08. The molecule has 0 bridgehead atoms. The highest BCUT2D eigenvalue weighted by molar-refractivity contribution is 5.44. The Balaban J connectivity index is 2.07. The van der Waals surface area contributed by atoms with E-state index in [1.807, 2.05) is 12.1 Å². The third-order valence-electron chi connectivity index (χ3n) is 4.08. The van der Waals surface area contributed by atoms with Crippen molar-refractivity contribution in [2.45, 2.75) is 32.7 Å². The van der Waals surface area contributed by atoms with Crippen molar-refractivity contribution in [1.82, 2.24) is 4.90 Å². The van der Waals surface area contributed by atoms with Gasteiger partial charge in [-0.1, -0.05) is 25.2 Å². The Morgan fingerprint density at radius 1 is 1.43 bits per heavy atom. The van der Waals surface area contributed by atoms with Gasteiger partial charge in [0.15, 0.2) is 0 Å². The van der Waals surface area contributed by atoms with E-state index >= 15 is 0 Å². The fraction of sp³-hybridized carbons (Fsp3) is 0.556. The van der Waals surface area contributed by atoms with Crippen LogP contribution in [0.4, 0.5) is 0 Å². The van der Waals surface area contributed by atoms with Crippen LogP contribution >= 0.6 is 0 Å². The molecule has 0 saturated carbocycles. The molecule has 21 heavy (non-hydrogen) atoms. The number of benzene rings is 1. The predicted molar refractivity (Wildman–Crippen MR) is 87.2 cm³/mol. The van der Waals surface area contributed by atoms with Crippen molar-refractivity contribution in [2.75, 3.05) is 26.7 Å². The molecule has 0 spiro atoms. The van der Waals surface area contributed by atoms with Gasteiger partial charge in [0.1, 0.15) is 5.75 Å². The lowest BCUT2D eigenvalue weighted by molar-refractivity contribution is 0.305. The van der Waals surface area contributed by atoms with Crippen molar-refractivity contribution >= 4 is 0 Å². The van der Waals surface area contributed by atoms with Gasteiger partial charge in [-0.2, -0.15) is 0 Å². The van der Waals surface area contributed by atoms with Gasteiger partial charge in [-0.25, -0.2) is 0 Å². The summed E-state index contributed by atoms with van der Waals surface area (Å²) in [5.74, 6) is 7.82. The van der Waals surface area contributed by atoms with Gasteiger partial charge in [0, 0.05) is 24.2 Å². The topological polar surface area (TPSA) is 38.5 Å². The first-order chi connectivity index (χ1) is 10.3. The number of ether oxygens (including phenoxy) is 1. The number of nitrogens with zero attached hydrogens (tertiary/aromatic N) is 1. The summed E-state index contributed by atoms with van der Waals surface area (Å²) in [6, 6.07) is 6.14. The molecule has 2 N–H and O–H groups in total. The zero-order chi connectivity index (χ0) is 15.1. The van der Waals surface area contributed by atoms with Crippen LogP contribution in [-0.2, 0) is 6.54 Å². The van der Waals surface area contributed by atoms with E-state index in [0.717, 1.165) is 23.8 Å². The van der Waals surface area contributed by atoms with Crippen LogP contribution in [0.15, 0.2) is 18.2 Å². The summed E-state index contributed by atoms with van der Waals surface area (Å²) in [7, 11) is 1.73. The van der Waals surface area contributed by atoms with Gasteiger partial charge >= 0.3 is 0 Å². The smallest absolute Gasteiger partial charge is 0.123 e. The van der Waals surface area contributed by atoms with Crippen LogP contribution in [0, 0.1) is 17.8 Å². The number of nitrogens with two attached hydrogens (primary N) is 1. The average Bonchev–Trinajstić information content (AvgIpc) is 2.93. The molecule has 1 saturated heterocycles. The first-order valence-corrected chi connectivity index (χ1v) is 7.85. The molecule has 1 aromatic rings. The Morgan fingerprint density at radius 3 is 3.00 bits per heavy atom. The molecule has 1 atom stereocenters. The van der Waals surface area contributed by atoms with E-state index in [4.69, 9.17) is 10.5 Å². The second-order valence-electron chi connectivity index (χ2n) is 5.71. The lowest BCUT2D eigenvalue weighted by Gasteiger charge is -2.18. The predicted octanol–water partition coefficient (Wildman–Crippen LogP) is 2.63. The Labute approximate surface area is 128 Å². The van der Waals surface area contributed by atoms with E-state index in [2.05, 4.69) is 29.7 Å². The summed E-state index contributed by atoms with van der Waals surface area (Å²) in [5, 5.41) is 0. The highest BCUT2D eigenvalue weighted by Gasteiger charge is 2.22. The van der Waals surface area contributed by atoms with E-state index in [0.29, 0.717) is 6.54 Å². The van der Waals surface area contributed by atoms with Gasteiger partial charge in [-0.05, 0) is 43.5 Å². The van der Waals surface area contributed by atoms with Gasteiger partial charge in [-0.3, -0.25) is 4.90 Å². The molecule has 0 aliphatic carbocycles. The number of likely N-dealkylation sites (tertiary alicyclic amines) is 1.